The number of hydrogen-bond acceptors (Lipinski definition) is 6. The number of hydrogen-bond donors (Lipinski definition) is 3. The van der Waals surface area contributed by atoms with Crippen molar-refractivity contribution in [3.8, 4) is 0 Å². The van der Waals surface area contributed by atoms with Crippen LogP contribution in [-0.2, 0) is 0 Å². The second kappa shape index (κ2) is 12.6. The molecule has 1 saturated heterocycles. The minimum absolute atomic E-state index is 0. The van der Waals surface area contributed by atoms with Gasteiger partial charge in [-0.1, -0.05) is 6.07 Å². The summed E-state index contributed by atoms with van der Waals surface area (Å²) in [6.45, 7) is 5.01. The Morgan fingerprint density at radius 2 is 2.10 bits per heavy atom. The fourth-order valence-electron chi connectivity index (χ4n) is 3.79. The Hall–Kier alpha value is -1.24. The van der Waals surface area contributed by atoms with E-state index in [1.54, 1.807) is 12.6 Å². The average molecular weight is 563 g/mol. The van der Waals surface area contributed by atoms with Crippen molar-refractivity contribution in [3.63, 3.8) is 0 Å². The Morgan fingerprint density at radius 3 is 2.77 bits per heavy atom. The highest BCUT2D eigenvalue weighted by molar-refractivity contribution is 14.0. The minimum atomic E-state index is -0.0706. The lowest BCUT2D eigenvalue weighted by molar-refractivity contribution is 0.0957. The van der Waals surface area contributed by atoms with Crippen molar-refractivity contribution in [2.24, 2.45) is 10.9 Å². The van der Waals surface area contributed by atoms with Crippen LogP contribution in [0.3, 0.4) is 0 Å². The van der Waals surface area contributed by atoms with Gasteiger partial charge in [-0.3, -0.25) is 14.7 Å². The Morgan fingerprint density at radius 1 is 1.30 bits per heavy atom. The molecule has 0 bridgehead atoms. The standard InChI is InChI=1S/C20H30N6OS2.HI/c1-14-18(29-13-25-14)19(27)22-8-9-23-20(21-2)24-12-15-6-4-10-26(3)17(15)16-7-5-11-28-16;/h5,7,11,13,15,17H,4,6,8-10,12H2,1-3H3,(H,22,27)(H2,21,23,24);1H. The van der Waals surface area contributed by atoms with Crippen molar-refractivity contribution in [1.82, 2.24) is 25.8 Å². The summed E-state index contributed by atoms with van der Waals surface area (Å²) in [4.78, 5) is 25.1. The third-order valence-electron chi connectivity index (χ3n) is 5.25. The summed E-state index contributed by atoms with van der Waals surface area (Å²) >= 11 is 3.20. The highest BCUT2D eigenvalue weighted by Gasteiger charge is 2.31. The summed E-state index contributed by atoms with van der Waals surface area (Å²) in [7, 11) is 4.00. The number of aryl methyl sites for hydroxylation is 1. The van der Waals surface area contributed by atoms with E-state index < -0.39 is 0 Å². The van der Waals surface area contributed by atoms with Gasteiger partial charge in [-0.05, 0) is 50.7 Å². The van der Waals surface area contributed by atoms with Gasteiger partial charge in [0, 0.05) is 37.6 Å². The predicted octanol–water partition coefficient (Wildman–Crippen LogP) is 3.11. The molecular weight excluding hydrogens is 531 g/mol. The number of piperidine rings is 1. The van der Waals surface area contributed by atoms with Gasteiger partial charge >= 0.3 is 0 Å². The molecule has 2 aromatic rings. The Kier molecular flexibility index (Phi) is 10.5. The van der Waals surface area contributed by atoms with Gasteiger partial charge in [-0.15, -0.1) is 46.7 Å². The van der Waals surface area contributed by atoms with Gasteiger partial charge in [0.1, 0.15) is 4.88 Å². The number of carbonyl (C=O) groups excluding carboxylic acids is 1. The van der Waals surface area contributed by atoms with Gasteiger partial charge in [0.15, 0.2) is 5.96 Å². The number of aromatic nitrogens is 1. The van der Waals surface area contributed by atoms with Crippen LogP contribution >= 0.6 is 46.7 Å². The van der Waals surface area contributed by atoms with E-state index in [2.05, 4.69) is 55.4 Å². The summed E-state index contributed by atoms with van der Waals surface area (Å²) in [5.41, 5.74) is 2.47. The van der Waals surface area contributed by atoms with Crippen LogP contribution in [0.2, 0.25) is 0 Å². The number of carbonyl (C=O) groups is 1. The van der Waals surface area contributed by atoms with E-state index >= 15 is 0 Å². The topological polar surface area (TPSA) is 81.6 Å². The zero-order chi connectivity index (χ0) is 20.6. The number of halogens is 1. The van der Waals surface area contributed by atoms with Gasteiger partial charge in [-0.25, -0.2) is 4.98 Å². The Balaban J connectivity index is 0.00000320. The summed E-state index contributed by atoms with van der Waals surface area (Å²) in [5.74, 6) is 1.24. The lowest BCUT2D eigenvalue weighted by Gasteiger charge is -2.39. The SMILES string of the molecule is CN=C(NCCNC(=O)c1scnc1C)NCC1CCCN(C)C1c1cccs1.I. The van der Waals surface area contributed by atoms with Crippen molar-refractivity contribution in [1.29, 1.82) is 0 Å². The van der Waals surface area contributed by atoms with Crippen molar-refractivity contribution in [2.75, 3.05) is 40.3 Å². The summed E-state index contributed by atoms with van der Waals surface area (Å²) in [5, 5.41) is 11.8. The van der Waals surface area contributed by atoms with E-state index in [0.29, 0.717) is 29.9 Å². The maximum absolute atomic E-state index is 12.1. The van der Waals surface area contributed by atoms with Crippen molar-refractivity contribution in [2.45, 2.75) is 25.8 Å². The molecule has 1 aliphatic rings. The zero-order valence-electron chi connectivity index (χ0n) is 17.7. The number of amides is 1. The molecule has 3 heterocycles. The summed E-state index contributed by atoms with van der Waals surface area (Å²) < 4.78 is 0. The highest BCUT2D eigenvalue weighted by atomic mass is 127. The molecule has 1 amide bonds. The average Bonchev–Trinajstić information content (AvgIpc) is 3.39. The molecule has 2 unspecified atom stereocenters. The largest absolute Gasteiger partial charge is 0.356 e. The lowest BCUT2D eigenvalue weighted by Crippen LogP contribution is -2.46. The van der Waals surface area contributed by atoms with Crippen LogP contribution < -0.4 is 16.0 Å². The molecule has 0 radical (unpaired) electrons. The van der Waals surface area contributed by atoms with Crippen molar-refractivity contribution < 1.29 is 4.79 Å². The molecule has 3 N–H and O–H groups in total. The smallest absolute Gasteiger partial charge is 0.263 e. The molecule has 7 nitrogen and oxygen atoms in total. The van der Waals surface area contributed by atoms with Gasteiger partial charge in [0.05, 0.1) is 11.2 Å². The molecule has 166 valence electrons. The van der Waals surface area contributed by atoms with Crippen LogP contribution in [0.4, 0.5) is 0 Å². The van der Waals surface area contributed by atoms with Crippen LogP contribution in [0, 0.1) is 12.8 Å². The minimum Gasteiger partial charge on any atom is -0.356 e. The molecule has 3 rings (SSSR count). The first-order valence-electron chi connectivity index (χ1n) is 9.96. The van der Waals surface area contributed by atoms with E-state index in [1.165, 1.54) is 29.1 Å². The molecule has 0 spiro atoms. The third-order valence-corrected chi connectivity index (χ3v) is 7.12. The highest BCUT2D eigenvalue weighted by Crippen LogP contribution is 2.36. The first-order chi connectivity index (χ1) is 14.1. The summed E-state index contributed by atoms with van der Waals surface area (Å²) in [6, 6.07) is 4.83. The van der Waals surface area contributed by atoms with E-state index in [0.717, 1.165) is 24.7 Å². The first kappa shape index (κ1) is 25.0. The third kappa shape index (κ3) is 6.63. The number of guanidine groups is 1. The van der Waals surface area contributed by atoms with E-state index in [4.69, 9.17) is 0 Å². The number of nitrogens with one attached hydrogen (secondary N) is 3. The quantitative estimate of drug-likeness (QED) is 0.209. The Bertz CT molecular complexity index is 810. The second-order valence-corrected chi connectivity index (χ2v) is 9.08. The van der Waals surface area contributed by atoms with Gasteiger partial charge in [0.25, 0.3) is 5.91 Å². The van der Waals surface area contributed by atoms with Crippen molar-refractivity contribution in [3.05, 3.63) is 38.5 Å². The molecule has 30 heavy (non-hydrogen) atoms. The molecule has 0 aromatic carbocycles. The molecule has 2 atom stereocenters. The van der Waals surface area contributed by atoms with Gasteiger partial charge in [-0.2, -0.15) is 0 Å². The number of aliphatic imine (C=N–C) groups is 1. The van der Waals surface area contributed by atoms with Crippen LogP contribution in [0.5, 0.6) is 0 Å². The lowest BCUT2D eigenvalue weighted by atomic mass is 9.88. The van der Waals surface area contributed by atoms with Crippen LogP contribution in [0.15, 0.2) is 28.0 Å². The molecule has 0 saturated carbocycles. The number of likely N-dealkylation sites (tertiary alicyclic amines) is 1. The van der Waals surface area contributed by atoms with Gasteiger partial charge < -0.3 is 16.0 Å². The maximum atomic E-state index is 12.1. The zero-order valence-corrected chi connectivity index (χ0v) is 21.6. The Labute approximate surface area is 203 Å². The molecule has 1 fully saturated rings. The molecule has 10 heteroatoms. The molecule has 1 aliphatic heterocycles. The van der Waals surface area contributed by atoms with Crippen LogP contribution in [-0.4, -0.2) is 62.0 Å². The van der Waals surface area contributed by atoms with Gasteiger partial charge in [0.2, 0.25) is 0 Å². The maximum Gasteiger partial charge on any atom is 0.263 e. The second-order valence-electron chi connectivity index (χ2n) is 7.25. The van der Waals surface area contributed by atoms with E-state index in [1.807, 2.05) is 18.3 Å². The molecular formula is C20H31IN6OS2. The van der Waals surface area contributed by atoms with E-state index in [9.17, 15) is 4.79 Å². The van der Waals surface area contributed by atoms with Crippen molar-refractivity contribution >= 4 is 58.5 Å². The first-order valence-corrected chi connectivity index (χ1v) is 11.7. The van der Waals surface area contributed by atoms with Crippen LogP contribution in [0.1, 0.15) is 39.1 Å². The van der Waals surface area contributed by atoms with Crippen LogP contribution in [0.25, 0.3) is 0 Å². The number of thiophene rings is 1. The number of thiazole rings is 1. The normalized spacial score (nSPS) is 19.8. The molecule has 0 aliphatic carbocycles. The summed E-state index contributed by atoms with van der Waals surface area (Å²) in [6.07, 6.45) is 2.43. The fraction of sp³-hybridized carbons (Fsp3) is 0.550. The number of nitrogens with zero attached hydrogens (tertiary/aromatic N) is 3. The molecule has 2 aromatic heterocycles. The number of rotatable bonds is 7. The van der Waals surface area contributed by atoms with E-state index in [-0.39, 0.29) is 29.9 Å². The fourth-order valence-corrected chi connectivity index (χ4v) is 5.49. The monoisotopic (exact) mass is 562 g/mol. The predicted molar refractivity (Wildman–Crippen MR) is 136 cm³/mol.